The lowest BCUT2D eigenvalue weighted by atomic mass is 9.94. The monoisotopic (exact) mass is 399 g/mol. The number of nitrogens with zero attached hydrogens (tertiary/aromatic N) is 3. The molecular weight excluding hydrogens is 381 g/mol. The number of amides is 1. The lowest BCUT2D eigenvalue weighted by Gasteiger charge is -2.23. The highest BCUT2D eigenvalue weighted by Gasteiger charge is 2.33. The van der Waals surface area contributed by atoms with E-state index in [1.54, 1.807) is 23.4 Å². The van der Waals surface area contributed by atoms with E-state index in [1.807, 2.05) is 12.1 Å². The van der Waals surface area contributed by atoms with E-state index in [1.165, 1.54) is 12.1 Å². The molecule has 0 spiro atoms. The van der Waals surface area contributed by atoms with E-state index in [9.17, 15) is 9.18 Å². The summed E-state index contributed by atoms with van der Waals surface area (Å²) in [5.41, 5.74) is 9.88. The number of hydrogen-bond acceptors (Lipinski definition) is 4. The topological polar surface area (TPSA) is 87.9 Å². The first kappa shape index (κ1) is 18.6. The molecule has 6 nitrogen and oxygen atoms in total. The number of aromatic nitrogens is 3. The summed E-state index contributed by atoms with van der Waals surface area (Å²) in [6.45, 7) is 1.19. The number of rotatable bonds is 5. The molecule has 4 rings (SSSR count). The van der Waals surface area contributed by atoms with Crippen LogP contribution in [0, 0.1) is 5.82 Å². The number of pyridine rings is 1. The summed E-state index contributed by atoms with van der Waals surface area (Å²) in [6.07, 6.45) is 3.88. The van der Waals surface area contributed by atoms with Gasteiger partial charge in [-0.2, -0.15) is 5.10 Å². The zero-order valence-corrected chi connectivity index (χ0v) is 15.8. The summed E-state index contributed by atoms with van der Waals surface area (Å²) in [4.78, 5) is 19.1. The van der Waals surface area contributed by atoms with Crippen LogP contribution in [0.15, 0.2) is 42.7 Å². The van der Waals surface area contributed by atoms with Crippen molar-refractivity contribution in [3.05, 3.63) is 70.4 Å². The highest BCUT2D eigenvalue weighted by molar-refractivity contribution is 6.30. The maximum Gasteiger partial charge on any atom is 0.230 e. The molecule has 0 fully saturated rings. The van der Waals surface area contributed by atoms with Gasteiger partial charge in [0.15, 0.2) is 0 Å². The quantitative estimate of drug-likeness (QED) is 0.689. The van der Waals surface area contributed by atoms with Crippen molar-refractivity contribution >= 4 is 17.5 Å². The molecule has 28 heavy (non-hydrogen) atoms. The number of fused-ring (bicyclic) bond motifs is 1. The van der Waals surface area contributed by atoms with Gasteiger partial charge in [0.2, 0.25) is 5.91 Å². The first-order chi connectivity index (χ1) is 13.6. The number of benzene rings is 1. The number of H-pyrrole nitrogens is 1. The van der Waals surface area contributed by atoms with Gasteiger partial charge in [0.25, 0.3) is 0 Å². The molecule has 1 aliphatic heterocycles. The van der Waals surface area contributed by atoms with E-state index in [-0.39, 0.29) is 10.9 Å². The molecule has 1 atom stereocenters. The summed E-state index contributed by atoms with van der Waals surface area (Å²) in [7, 11) is 0. The lowest BCUT2D eigenvalue weighted by Crippen LogP contribution is -2.32. The molecule has 8 heteroatoms. The fraction of sp³-hybridized carbons (Fsp3) is 0.250. The molecule has 0 aliphatic carbocycles. The summed E-state index contributed by atoms with van der Waals surface area (Å²) in [5.74, 6) is -1.15. The van der Waals surface area contributed by atoms with Gasteiger partial charge in [-0.05, 0) is 42.8 Å². The Kier molecular flexibility index (Phi) is 5.11. The average Bonchev–Trinajstić information content (AvgIpc) is 3.29. The molecule has 1 amide bonds. The molecule has 3 N–H and O–H groups in total. The summed E-state index contributed by atoms with van der Waals surface area (Å²) in [5, 5.41) is 7.43. The average molecular weight is 400 g/mol. The van der Waals surface area contributed by atoms with E-state index in [0.717, 1.165) is 22.5 Å². The Balaban J connectivity index is 1.59. The molecule has 2 aromatic heterocycles. The minimum absolute atomic E-state index is 0.0334. The van der Waals surface area contributed by atoms with E-state index in [4.69, 9.17) is 17.3 Å². The number of carbonyl (C=O) groups excluding carboxylic acids is 1. The third-order valence-corrected chi connectivity index (χ3v) is 5.30. The second-order valence-corrected chi connectivity index (χ2v) is 7.18. The van der Waals surface area contributed by atoms with Crippen LogP contribution in [-0.4, -0.2) is 32.5 Å². The maximum absolute atomic E-state index is 13.9. The van der Waals surface area contributed by atoms with Crippen molar-refractivity contribution in [2.24, 2.45) is 5.73 Å². The van der Waals surface area contributed by atoms with Crippen LogP contribution in [0.1, 0.15) is 29.2 Å². The molecule has 0 bridgehead atoms. The Morgan fingerprint density at radius 2 is 2.21 bits per heavy atom. The van der Waals surface area contributed by atoms with Crippen molar-refractivity contribution in [3.63, 3.8) is 0 Å². The summed E-state index contributed by atoms with van der Waals surface area (Å²) < 4.78 is 13.9. The standard InChI is InChI=1S/C20H19ClFN5O/c21-16-4-3-12(8-17(16)22)14(5-6-23)20(28)27-10-15-18(11-27)25-26-19(15)13-2-1-7-24-9-13/h1-4,7-9,14H,5-6,10-11,23H2,(H,25,26). The minimum atomic E-state index is -0.538. The highest BCUT2D eigenvalue weighted by atomic mass is 35.5. The number of aromatic amines is 1. The van der Waals surface area contributed by atoms with Crippen molar-refractivity contribution in [1.82, 2.24) is 20.1 Å². The van der Waals surface area contributed by atoms with Crippen LogP contribution >= 0.6 is 11.6 Å². The Bertz CT molecular complexity index is 1010. The van der Waals surface area contributed by atoms with Crippen LogP contribution in [0.3, 0.4) is 0 Å². The maximum atomic E-state index is 13.9. The predicted octanol–water partition coefficient (Wildman–Crippen LogP) is 3.24. The SMILES string of the molecule is NCCC(C(=O)N1Cc2[nH]nc(-c3cccnc3)c2C1)c1ccc(Cl)c(F)c1. The first-order valence-electron chi connectivity index (χ1n) is 8.98. The largest absolute Gasteiger partial charge is 0.332 e. The van der Waals surface area contributed by atoms with Crippen LogP contribution in [0.2, 0.25) is 5.02 Å². The smallest absolute Gasteiger partial charge is 0.230 e. The zero-order chi connectivity index (χ0) is 19.7. The van der Waals surface area contributed by atoms with Crippen molar-refractivity contribution in [2.45, 2.75) is 25.4 Å². The second kappa shape index (κ2) is 7.69. The Labute approximate surface area is 166 Å². The third kappa shape index (κ3) is 3.39. The molecule has 1 aromatic carbocycles. The van der Waals surface area contributed by atoms with Gasteiger partial charge in [-0.15, -0.1) is 0 Å². The van der Waals surface area contributed by atoms with Crippen molar-refractivity contribution in [2.75, 3.05) is 6.54 Å². The molecule has 0 saturated heterocycles. The molecule has 144 valence electrons. The fourth-order valence-corrected chi connectivity index (χ4v) is 3.70. The molecule has 1 unspecified atom stereocenters. The molecule has 0 radical (unpaired) electrons. The summed E-state index contributed by atoms with van der Waals surface area (Å²) >= 11 is 5.78. The Morgan fingerprint density at radius 3 is 2.93 bits per heavy atom. The second-order valence-electron chi connectivity index (χ2n) is 6.77. The van der Waals surface area contributed by atoms with Crippen molar-refractivity contribution in [1.29, 1.82) is 0 Å². The van der Waals surface area contributed by atoms with Crippen LogP contribution in [0.4, 0.5) is 4.39 Å². The van der Waals surface area contributed by atoms with E-state index in [2.05, 4.69) is 15.2 Å². The summed E-state index contributed by atoms with van der Waals surface area (Å²) in [6, 6.07) is 8.25. The predicted molar refractivity (Wildman–Crippen MR) is 104 cm³/mol. The highest BCUT2D eigenvalue weighted by Crippen LogP contribution is 2.33. The molecule has 1 aliphatic rings. The van der Waals surface area contributed by atoms with Crippen LogP contribution in [0.5, 0.6) is 0 Å². The van der Waals surface area contributed by atoms with Gasteiger partial charge < -0.3 is 10.6 Å². The van der Waals surface area contributed by atoms with E-state index >= 15 is 0 Å². The number of hydrogen-bond donors (Lipinski definition) is 2. The minimum Gasteiger partial charge on any atom is -0.332 e. The fourth-order valence-electron chi connectivity index (χ4n) is 3.59. The van der Waals surface area contributed by atoms with E-state index < -0.39 is 11.7 Å². The van der Waals surface area contributed by atoms with Crippen molar-refractivity contribution < 1.29 is 9.18 Å². The lowest BCUT2D eigenvalue weighted by molar-refractivity contribution is -0.133. The van der Waals surface area contributed by atoms with Gasteiger partial charge in [0.05, 0.1) is 35.4 Å². The number of nitrogens with one attached hydrogen (secondary N) is 1. The van der Waals surface area contributed by atoms with Crippen LogP contribution in [-0.2, 0) is 17.9 Å². The van der Waals surface area contributed by atoms with E-state index in [0.29, 0.717) is 31.6 Å². The Morgan fingerprint density at radius 1 is 1.36 bits per heavy atom. The van der Waals surface area contributed by atoms with Crippen molar-refractivity contribution in [3.8, 4) is 11.3 Å². The van der Waals surface area contributed by atoms with Gasteiger partial charge in [0, 0.05) is 23.5 Å². The first-order valence-corrected chi connectivity index (χ1v) is 9.36. The van der Waals surface area contributed by atoms with Gasteiger partial charge in [0.1, 0.15) is 5.82 Å². The number of carbonyl (C=O) groups is 1. The molecular formula is C20H19ClFN5O. The normalized spacial score (nSPS) is 14.2. The molecule has 0 saturated carbocycles. The molecule has 3 aromatic rings. The van der Waals surface area contributed by atoms with Crippen LogP contribution < -0.4 is 5.73 Å². The van der Waals surface area contributed by atoms with Gasteiger partial charge >= 0.3 is 0 Å². The number of halogens is 2. The number of nitrogens with two attached hydrogens (primary N) is 1. The van der Waals surface area contributed by atoms with Gasteiger partial charge in [-0.3, -0.25) is 14.9 Å². The van der Waals surface area contributed by atoms with Gasteiger partial charge in [-0.1, -0.05) is 17.7 Å². The molecule has 3 heterocycles. The Hall–Kier alpha value is -2.77. The zero-order valence-electron chi connectivity index (χ0n) is 15.0. The van der Waals surface area contributed by atoms with Crippen LogP contribution in [0.25, 0.3) is 11.3 Å². The van der Waals surface area contributed by atoms with Gasteiger partial charge in [-0.25, -0.2) is 4.39 Å². The third-order valence-electron chi connectivity index (χ3n) is 5.00.